The van der Waals surface area contributed by atoms with Crippen molar-refractivity contribution >= 4 is 27.9 Å². The molecule has 0 atom stereocenters. The summed E-state index contributed by atoms with van der Waals surface area (Å²) in [4.78, 5) is 0.765. The molecular formula is C14H11ClN6S. The first-order chi connectivity index (χ1) is 10.7. The molecule has 8 heteroatoms. The highest BCUT2D eigenvalue weighted by molar-refractivity contribution is 7.19. The molecule has 0 aliphatic rings. The molecule has 110 valence electrons. The van der Waals surface area contributed by atoms with Crippen molar-refractivity contribution in [2.45, 2.75) is 6.42 Å². The van der Waals surface area contributed by atoms with E-state index in [9.17, 15) is 0 Å². The van der Waals surface area contributed by atoms with Crippen LogP contribution in [0.25, 0.3) is 15.5 Å². The fraction of sp³-hybridized carbons (Fsp3) is 0.143. The van der Waals surface area contributed by atoms with Gasteiger partial charge in [0.25, 0.3) is 0 Å². The van der Waals surface area contributed by atoms with Crippen LogP contribution in [-0.4, -0.2) is 29.6 Å². The molecule has 0 radical (unpaired) electrons. The predicted molar refractivity (Wildman–Crippen MR) is 85.1 cm³/mol. The maximum Gasteiger partial charge on any atom is 0.234 e. The van der Waals surface area contributed by atoms with Gasteiger partial charge in [-0.1, -0.05) is 41.1 Å². The third-order valence-corrected chi connectivity index (χ3v) is 4.63. The van der Waals surface area contributed by atoms with E-state index in [2.05, 4.69) is 20.4 Å². The maximum atomic E-state index is 6.21. The van der Waals surface area contributed by atoms with Gasteiger partial charge in [0.05, 0.1) is 11.8 Å². The van der Waals surface area contributed by atoms with Gasteiger partial charge in [-0.2, -0.15) is 14.7 Å². The molecule has 3 aromatic heterocycles. The van der Waals surface area contributed by atoms with E-state index in [1.165, 1.54) is 11.3 Å². The summed E-state index contributed by atoms with van der Waals surface area (Å²) in [5.41, 5.74) is 1.98. The van der Waals surface area contributed by atoms with E-state index in [0.717, 1.165) is 31.9 Å². The molecule has 4 aromatic rings. The van der Waals surface area contributed by atoms with Crippen LogP contribution in [0.5, 0.6) is 0 Å². The Morgan fingerprint density at radius 2 is 2.09 bits per heavy atom. The molecule has 0 saturated heterocycles. The molecular weight excluding hydrogens is 320 g/mol. The summed E-state index contributed by atoms with van der Waals surface area (Å²) < 4.78 is 3.53. The molecule has 22 heavy (non-hydrogen) atoms. The van der Waals surface area contributed by atoms with Crippen molar-refractivity contribution in [1.82, 2.24) is 29.6 Å². The second-order valence-corrected chi connectivity index (χ2v) is 6.25. The molecule has 0 fully saturated rings. The lowest BCUT2D eigenvalue weighted by Crippen LogP contribution is -1.98. The quantitative estimate of drug-likeness (QED) is 0.579. The van der Waals surface area contributed by atoms with Crippen molar-refractivity contribution < 1.29 is 0 Å². The van der Waals surface area contributed by atoms with Gasteiger partial charge in [0.1, 0.15) is 0 Å². The van der Waals surface area contributed by atoms with Crippen LogP contribution >= 0.6 is 22.9 Å². The van der Waals surface area contributed by atoms with Crippen molar-refractivity contribution in [2.24, 2.45) is 7.05 Å². The summed E-state index contributed by atoms with van der Waals surface area (Å²) in [6, 6.07) is 7.73. The summed E-state index contributed by atoms with van der Waals surface area (Å²) >= 11 is 7.70. The zero-order valence-electron chi connectivity index (χ0n) is 11.6. The van der Waals surface area contributed by atoms with E-state index < -0.39 is 0 Å². The van der Waals surface area contributed by atoms with Crippen LogP contribution in [0.4, 0.5) is 0 Å². The first kappa shape index (κ1) is 13.4. The predicted octanol–water partition coefficient (Wildman–Crippen LogP) is 2.83. The van der Waals surface area contributed by atoms with E-state index in [0.29, 0.717) is 6.42 Å². The van der Waals surface area contributed by atoms with E-state index >= 15 is 0 Å². The molecule has 0 amide bonds. The maximum absolute atomic E-state index is 6.21. The van der Waals surface area contributed by atoms with Crippen LogP contribution < -0.4 is 0 Å². The average Bonchev–Trinajstić information content (AvgIpc) is 3.18. The van der Waals surface area contributed by atoms with E-state index in [-0.39, 0.29) is 0 Å². The highest BCUT2D eigenvalue weighted by Gasteiger charge is 2.15. The van der Waals surface area contributed by atoms with Gasteiger partial charge in [0.15, 0.2) is 10.8 Å². The molecule has 0 N–H and O–H groups in total. The third-order valence-electron chi connectivity index (χ3n) is 3.31. The van der Waals surface area contributed by atoms with Gasteiger partial charge in [-0.05, 0) is 11.6 Å². The molecule has 0 unspecified atom stereocenters. The lowest BCUT2D eigenvalue weighted by Gasteiger charge is -2.00. The minimum atomic E-state index is 0.594. The molecule has 3 heterocycles. The first-order valence-electron chi connectivity index (χ1n) is 6.64. The van der Waals surface area contributed by atoms with Gasteiger partial charge in [0.2, 0.25) is 4.96 Å². The largest absolute Gasteiger partial charge is 0.275 e. The monoisotopic (exact) mass is 330 g/mol. The highest BCUT2D eigenvalue weighted by Crippen LogP contribution is 2.26. The van der Waals surface area contributed by atoms with Gasteiger partial charge >= 0.3 is 0 Å². The molecule has 0 aliphatic carbocycles. The lowest BCUT2D eigenvalue weighted by atomic mass is 10.1. The molecule has 0 bridgehead atoms. The standard InChI is InChI=1S/C14H11ClN6S/c1-20-8-10(7-16-20)13-19-21-12(17-18-14(21)22-13)6-9-4-2-3-5-11(9)15/h2-5,7-8H,6H2,1H3. The van der Waals surface area contributed by atoms with Gasteiger partial charge in [0, 0.05) is 24.7 Å². The normalized spacial score (nSPS) is 11.4. The Morgan fingerprint density at radius 3 is 2.86 bits per heavy atom. The minimum absolute atomic E-state index is 0.594. The Balaban J connectivity index is 1.73. The van der Waals surface area contributed by atoms with Gasteiger partial charge < -0.3 is 0 Å². The summed E-state index contributed by atoms with van der Waals surface area (Å²) in [7, 11) is 1.88. The second-order valence-electron chi connectivity index (χ2n) is 4.89. The number of fused-ring (bicyclic) bond motifs is 1. The number of benzene rings is 1. The average molecular weight is 331 g/mol. The molecule has 0 spiro atoms. The third kappa shape index (κ3) is 2.28. The van der Waals surface area contributed by atoms with E-state index in [1.54, 1.807) is 15.4 Å². The van der Waals surface area contributed by atoms with Gasteiger partial charge in [-0.3, -0.25) is 4.68 Å². The van der Waals surface area contributed by atoms with Gasteiger partial charge in [-0.25, -0.2) is 0 Å². The van der Waals surface area contributed by atoms with E-state index in [1.807, 2.05) is 37.5 Å². The van der Waals surface area contributed by atoms with Crippen LogP contribution in [-0.2, 0) is 13.5 Å². The number of halogens is 1. The molecule has 6 nitrogen and oxygen atoms in total. The minimum Gasteiger partial charge on any atom is -0.275 e. The molecule has 0 aliphatic heterocycles. The second kappa shape index (κ2) is 5.19. The number of hydrogen-bond acceptors (Lipinski definition) is 5. The summed E-state index contributed by atoms with van der Waals surface area (Å²) in [6.07, 6.45) is 4.32. The number of nitrogens with zero attached hydrogens (tertiary/aromatic N) is 6. The summed E-state index contributed by atoms with van der Waals surface area (Å²) in [5, 5.41) is 18.8. The molecule has 0 saturated carbocycles. The fourth-order valence-electron chi connectivity index (χ4n) is 2.23. The van der Waals surface area contributed by atoms with Crippen LogP contribution in [0.1, 0.15) is 11.4 Å². The van der Waals surface area contributed by atoms with Crippen molar-refractivity contribution in [2.75, 3.05) is 0 Å². The summed E-state index contributed by atoms with van der Waals surface area (Å²) in [5.74, 6) is 0.773. The number of aryl methyl sites for hydroxylation is 1. The Kier molecular flexibility index (Phi) is 3.16. The van der Waals surface area contributed by atoms with Crippen molar-refractivity contribution in [3.63, 3.8) is 0 Å². The number of rotatable bonds is 3. The van der Waals surface area contributed by atoms with Crippen molar-refractivity contribution in [1.29, 1.82) is 0 Å². The van der Waals surface area contributed by atoms with Crippen LogP contribution in [0.3, 0.4) is 0 Å². The van der Waals surface area contributed by atoms with Gasteiger partial charge in [-0.15, -0.1) is 10.2 Å². The smallest absolute Gasteiger partial charge is 0.234 e. The van der Waals surface area contributed by atoms with Crippen molar-refractivity contribution in [3.05, 3.63) is 53.1 Å². The zero-order chi connectivity index (χ0) is 15.1. The molecule has 1 aromatic carbocycles. The topological polar surface area (TPSA) is 60.9 Å². The van der Waals surface area contributed by atoms with Crippen molar-refractivity contribution in [3.8, 4) is 10.6 Å². The van der Waals surface area contributed by atoms with Crippen LogP contribution in [0.15, 0.2) is 36.7 Å². The van der Waals surface area contributed by atoms with Crippen LogP contribution in [0.2, 0.25) is 5.02 Å². The Morgan fingerprint density at radius 1 is 1.23 bits per heavy atom. The number of hydrogen-bond donors (Lipinski definition) is 0. The zero-order valence-corrected chi connectivity index (χ0v) is 13.2. The SMILES string of the molecule is Cn1cc(-c2nn3c(Cc4ccccc4Cl)nnc3s2)cn1. The first-order valence-corrected chi connectivity index (χ1v) is 7.84. The number of aromatic nitrogens is 6. The highest BCUT2D eigenvalue weighted by atomic mass is 35.5. The fourth-order valence-corrected chi connectivity index (χ4v) is 3.26. The Labute approximate surface area is 135 Å². The summed E-state index contributed by atoms with van der Waals surface area (Å²) in [6.45, 7) is 0. The molecule has 4 rings (SSSR count). The Hall–Kier alpha value is -2.25. The Bertz CT molecular complexity index is 953. The van der Waals surface area contributed by atoms with Crippen LogP contribution in [0, 0.1) is 0 Å². The lowest BCUT2D eigenvalue weighted by molar-refractivity contribution is 0.768. The van der Waals surface area contributed by atoms with E-state index in [4.69, 9.17) is 11.6 Å².